The first kappa shape index (κ1) is 22.4. The third-order valence-electron chi connectivity index (χ3n) is 4.49. The summed E-state index contributed by atoms with van der Waals surface area (Å²) < 4.78 is 16.2. The molecule has 0 saturated carbocycles. The molecule has 0 aliphatic rings. The highest BCUT2D eigenvalue weighted by molar-refractivity contribution is 7.15. The molecule has 162 valence electrons. The Morgan fingerprint density at radius 2 is 1.77 bits per heavy atom. The molecule has 0 saturated heterocycles. The van der Waals surface area contributed by atoms with Crippen molar-refractivity contribution < 1.29 is 23.8 Å². The van der Waals surface area contributed by atoms with Crippen LogP contribution in [0.25, 0.3) is 11.1 Å². The summed E-state index contributed by atoms with van der Waals surface area (Å²) in [5, 5.41) is 5.11. The van der Waals surface area contributed by atoms with Crippen LogP contribution in [0.2, 0.25) is 0 Å². The number of methoxy groups -OCH3 is 1. The van der Waals surface area contributed by atoms with Gasteiger partial charge in [0.05, 0.1) is 25.9 Å². The van der Waals surface area contributed by atoms with Crippen molar-refractivity contribution in [2.45, 2.75) is 20.3 Å². The Bertz CT molecular complexity index is 1040. The zero-order valence-corrected chi connectivity index (χ0v) is 18.6. The van der Waals surface area contributed by atoms with Crippen LogP contribution < -0.4 is 14.8 Å². The van der Waals surface area contributed by atoms with E-state index in [9.17, 15) is 9.59 Å². The van der Waals surface area contributed by atoms with Crippen molar-refractivity contribution in [3.8, 4) is 22.6 Å². The molecule has 1 heterocycles. The van der Waals surface area contributed by atoms with E-state index in [4.69, 9.17) is 14.2 Å². The van der Waals surface area contributed by atoms with Crippen molar-refractivity contribution >= 4 is 28.2 Å². The van der Waals surface area contributed by atoms with Crippen LogP contribution in [0.1, 0.15) is 41.0 Å². The van der Waals surface area contributed by atoms with Crippen molar-refractivity contribution in [1.82, 2.24) is 0 Å². The number of carbonyl (C=O) groups excluding carboxylic acids is 2. The van der Waals surface area contributed by atoms with Gasteiger partial charge in [0.25, 0.3) is 5.91 Å². The molecule has 0 atom stereocenters. The van der Waals surface area contributed by atoms with Gasteiger partial charge in [0.15, 0.2) is 0 Å². The fourth-order valence-corrected chi connectivity index (χ4v) is 3.97. The zero-order chi connectivity index (χ0) is 22.2. The summed E-state index contributed by atoms with van der Waals surface area (Å²) in [6.45, 7) is 4.67. The number of amides is 1. The molecule has 3 rings (SSSR count). The van der Waals surface area contributed by atoms with Gasteiger partial charge in [0, 0.05) is 10.9 Å². The molecule has 1 N–H and O–H groups in total. The number of nitrogens with one attached hydrogen (secondary N) is 1. The summed E-state index contributed by atoms with van der Waals surface area (Å²) in [5.41, 5.74) is 2.24. The Labute approximate surface area is 185 Å². The Kier molecular flexibility index (Phi) is 7.67. The van der Waals surface area contributed by atoms with Crippen molar-refractivity contribution in [1.29, 1.82) is 0 Å². The molecule has 0 unspecified atom stereocenters. The summed E-state index contributed by atoms with van der Waals surface area (Å²) in [6, 6.07) is 14.4. The number of rotatable bonds is 9. The molecule has 0 aliphatic carbocycles. The van der Waals surface area contributed by atoms with E-state index >= 15 is 0 Å². The summed E-state index contributed by atoms with van der Waals surface area (Å²) in [4.78, 5) is 25.6. The van der Waals surface area contributed by atoms with E-state index < -0.39 is 5.97 Å². The van der Waals surface area contributed by atoms with Gasteiger partial charge in [-0.1, -0.05) is 31.2 Å². The maximum atomic E-state index is 12.9. The average Bonchev–Trinajstić information content (AvgIpc) is 3.21. The van der Waals surface area contributed by atoms with Crippen LogP contribution in [0.4, 0.5) is 5.00 Å². The topological polar surface area (TPSA) is 73.9 Å². The SMILES string of the molecule is CCCOc1ccc(-c2csc(NC(=O)c3ccccc3OC)c2C(=O)OCC)cc1. The number of thiophene rings is 1. The van der Waals surface area contributed by atoms with Crippen molar-refractivity contribution in [3.63, 3.8) is 0 Å². The fraction of sp³-hybridized carbons (Fsp3) is 0.250. The predicted octanol–water partition coefficient (Wildman–Crippen LogP) is 5.64. The molecule has 7 heteroatoms. The van der Waals surface area contributed by atoms with Crippen LogP contribution in [0.5, 0.6) is 11.5 Å². The van der Waals surface area contributed by atoms with Gasteiger partial charge < -0.3 is 19.5 Å². The third-order valence-corrected chi connectivity index (χ3v) is 5.38. The quantitative estimate of drug-likeness (QED) is 0.437. The number of para-hydroxylation sites is 1. The molecule has 0 radical (unpaired) electrons. The molecular formula is C24H25NO5S. The molecular weight excluding hydrogens is 414 g/mol. The lowest BCUT2D eigenvalue weighted by Crippen LogP contribution is -2.15. The van der Waals surface area contributed by atoms with Gasteiger partial charge in [-0.3, -0.25) is 4.79 Å². The molecule has 31 heavy (non-hydrogen) atoms. The van der Waals surface area contributed by atoms with Crippen LogP contribution in [-0.4, -0.2) is 32.2 Å². The summed E-state index contributed by atoms with van der Waals surface area (Å²) in [6.07, 6.45) is 0.925. The minimum absolute atomic E-state index is 0.234. The normalized spacial score (nSPS) is 10.4. The minimum Gasteiger partial charge on any atom is -0.496 e. The van der Waals surface area contributed by atoms with Gasteiger partial charge in [-0.15, -0.1) is 11.3 Å². The second kappa shape index (κ2) is 10.6. The summed E-state index contributed by atoms with van der Waals surface area (Å²) in [7, 11) is 1.51. The van der Waals surface area contributed by atoms with E-state index in [1.165, 1.54) is 18.4 Å². The second-order valence-electron chi connectivity index (χ2n) is 6.60. The first-order valence-electron chi connectivity index (χ1n) is 10.0. The minimum atomic E-state index is -0.486. The molecule has 0 bridgehead atoms. The van der Waals surface area contributed by atoms with Crippen LogP contribution >= 0.6 is 11.3 Å². The predicted molar refractivity (Wildman–Crippen MR) is 122 cm³/mol. The second-order valence-corrected chi connectivity index (χ2v) is 7.48. The maximum Gasteiger partial charge on any atom is 0.341 e. The number of benzene rings is 2. The number of hydrogen-bond acceptors (Lipinski definition) is 6. The molecule has 0 spiro atoms. The van der Waals surface area contributed by atoms with Crippen LogP contribution in [0.15, 0.2) is 53.9 Å². The number of anilines is 1. The van der Waals surface area contributed by atoms with E-state index in [0.29, 0.717) is 34.0 Å². The van der Waals surface area contributed by atoms with Gasteiger partial charge in [0.2, 0.25) is 0 Å². The highest BCUT2D eigenvalue weighted by Gasteiger charge is 2.24. The lowest BCUT2D eigenvalue weighted by Gasteiger charge is -2.11. The summed E-state index contributed by atoms with van der Waals surface area (Å²) in [5.74, 6) is 0.375. The average molecular weight is 440 g/mol. The van der Waals surface area contributed by atoms with E-state index in [0.717, 1.165) is 17.7 Å². The lowest BCUT2D eigenvalue weighted by atomic mass is 10.0. The molecule has 0 aliphatic heterocycles. The van der Waals surface area contributed by atoms with Gasteiger partial charge in [0.1, 0.15) is 22.1 Å². The van der Waals surface area contributed by atoms with Crippen LogP contribution in [-0.2, 0) is 4.74 Å². The third kappa shape index (κ3) is 5.24. The number of esters is 1. The molecule has 1 amide bonds. The smallest absolute Gasteiger partial charge is 0.341 e. The number of hydrogen-bond donors (Lipinski definition) is 1. The molecule has 2 aromatic carbocycles. The maximum absolute atomic E-state index is 12.9. The van der Waals surface area contributed by atoms with Gasteiger partial charge in [-0.2, -0.15) is 0 Å². The lowest BCUT2D eigenvalue weighted by molar-refractivity contribution is 0.0529. The molecule has 1 aromatic heterocycles. The molecule has 3 aromatic rings. The number of ether oxygens (including phenoxy) is 3. The Balaban J connectivity index is 1.94. The first-order valence-corrected chi connectivity index (χ1v) is 10.9. The Hall–Kier alpha value is -3.32. The largest absolute Gasteiger partial charge is 0.496 e. The Morgan fingerprint density at radius 1 is 1.03 bits per heavy atom. The summed E-state index contributed by atoms with van der Waals surface area (Å²) >= 11 is 1.27. The monoisotopic (exact) mass is 439 g/mol. The fourth-order valence-electron chi connectivity index (χ4n) is 3.02. The van der Waals surface area contributed by atoms with E-state index in [-0.39, 0.29) is 12.5 Å². The standard InChI is InChI=1S/C24H25NO5S/c1-4-14-30-17-12-10-16(11-13-17)19-15-31-23(21(19)24(27)29-5-2)25-22(26)18-8-6-7-9-20(18)28-3/h6-13,15H,4-5,14H2,1-3H3,(H,25,26). The van der Waals surface area contributed by atoms with Gasteiger partial charge in [-0.05, 0) is 43.2 Å². The van der Waals surface area contributed by atoms with Crippen LogP contribution in [0, 0.1) is 0 Å². The van der Waals surface area contributed by atoms with E-state index in [1.54, 1.807) is 31.2 Å². The Morgan fingerprint density at radius 3 is 2.45 bits per heavy atom. The molecule has 0 fully saturated rings. The van der Waals surface area contributed by atoms with Crippen molar-refractivity contribution in [3.05, 3.63) is 65.0 Å². The first-order chi connectivity index (χ1) is 15.1. The molecule has 6 nitrogen and oxygen atoms in total. The van der Waals surface area contributed by atoms with Gasteiger partial charge in [-0.25, -0.2) is 4.79 Å². The number of carbonyl (C=O) groups is 2. The highest BCUT2D eigenvalue weighted by atomic mass is 32.1. The van der Waals surface area contributed by atoms with Gasteiger partial charge >= 0.3 is 5.97 Å². The van der Waals surface area contributed by atoms with E-state index in [1.807, 2.05) is 36.6 Å². The van der Waals surface area contributed by atoms with Crippen LogP contribution in [0.3, 0.4) is 0 Å². The van der Waals surface area contributed by atoms with Crippen molar-refractivity contribution in [2.24, 2.45) is 0 Å². The zero-order valence-electron chi connectivity index (χ0n) is 17.8. The highest BCUT2D eigenvalue weighted by Crippen LogP contribution is 2.37. The van der Waals surface area contributed by atoms with Crippen molar-refractivity contribution in [2.75, 3.05) is 25.6 Å². The van der Waals surface area contributed by atoms with E-state index in [2.05, 4.69) is 5.32 Å².